The number of urea groups is 1. The number of nitrogens with one attached hydrogen (secondary N) is 2. The molecule has 2 N–H and O–H groups in total. The van der Waals surface area contributed by atoms with Crippen molar-refractivity contribution >= 4 is 33.1 Å². The summed E-state index contributed by atoms with van der Waals surface area (Å²) in [6, 6.07) is 21.2. The Labute approximate surface area is 195 Å². The van der Waals surface area contributed by atoms with Crippen LogP contribution in [0.3, 0.4) is 0 Å². The van der Waals surface area contributed by atoms with Gasteiger partial charge in [0, 0.05) is 17.9 Å². The van der Waals surface area contributed by atoms with Crippen molar-refractivity contribution in [1.82, 2.24) is 0 Å². The molecule has 1 aliphatic rings. The Morgan fingerprint density at radius 3 is 2.18 bits per heavy atom. The topological polar surface area (TPSA) is 78.5 Å². The van der Waals surface area contributed by atoms with Gasteiger partial charge in [0.2, 0.25) is 0 Å². The molecule has 3 aromatic rings. The molecule has 0 aromatic heterocycles. The van der Waals surface area contributed by atoms with Crippen molar-refractivity contribution in [3.05, 3.63) is 83.9 Å². The van der Waals surface area contributed by atoms with Crippen LogP contribution in [-0.4, -0.2) is 21.0 Å². The molecule has 2 amide bonds. The molecule has 6 nitrogen and oxygen atoms in total. The average Bonchev–Trinajstić information content (AvgIpc) is 2.79. The van der Waals surface area contributed by atoms with Gasteiger partial charge in [-0.1, -0.05) is 57.2 Å². The quantitative estimate of drug-likeness (QED) is 0.516. The number of sulfonamides is 1. The number of carbonyl (C=O) groups is 1. The summed E-state index contributed by atoms with van der Waals surface area (Å²) < 4.78 is 27.9. The average molecular weight is 464 g/mol. The molecule has 172 valence electrons. The van der Waals surface area contributed by atoms with Crippen LogP contribution in [0.1, 0.15) is 38.3 Å². The van der Waals surface area contributed by atoms with Crippen LogP contribution in [-0.2, 0) is 21.9 Å². The Balaban J connectivity index is 1.53. The maximum Gasteiger partial charge on any atom is 0.323 e. The normalized spacial score (nSPS) is 13.8. The second-order valence-corrected chi connectivity index (χ2v) is 11.1. The van der Waals surface area contributed by atoms with Crippen molar-refractivity contribution in [1.29, 1.82) is 0 Å². The number of carbonyl (C=O) groups excluding carboxylic acids is 1. The van der Waals surface area contributed by atoms with Gasteiger partial charge in [-0.25, -0.2) is 13.2 Å². The Hall–Kier alpha value is -3.32. The highest BCUT2D eigenvalue weighted by atomic mass is 32.2. The molecule has 0 atom stereocenters. The number of aryl methyl sites for hydroxylation is 1. The number of hydrogen-bond acceptors (Lipinski definition) is 3. The highest BCUT2D eigenvalue weighted by Crippen LogP contribution is 2.34. The predicted octanol–water partition coefficient (Wildman–Crippen LogP) is 5.77. The Morgan fingerprint density at radius 2 is 1.52 bits per heavy atom. The number of benzene rings is 3. The molecule has 0 saturated heterocycles. The van der Waals surface area contributed by atoms with E-state index in [1.54, 1.807) is 42.5 Å². The van der Waals surface area contributed by atoms with Crippen LogP contribution in [0.5, 0.6) is 0 Å². The van der Waals surface area contributed by atoms with E-state index in [0.29, 0.717) is 23.6 Å². The lowest BCUT2D eigenvalue weighted by atomic mass is 9.87. The van der Waals surface area contributed by atoms with E-state index >= 15 is 0 Å². The third kappa shape index (κ3) is 5.03. The number of fused-ring (bicyclic) bond motifs is 1. The summed E-state index contributed by atoms with van der Waals surface area (Å²) in [7, 11) is -3.68. The third-order valence-corrected chi connectivity index (χ3v) is 7.59. The summed E-state index contributed by atoms with van der Waals surface area (Å²) in [6.45, 7) is 6.82. The molecule has 0 fully saturated rings. The highest BCUT2D eigenvalue weighted by molar-refractivity contribution is 7.92. The maximum absolute atomic E-state index is 13.2. The number of anilines is 3. The molecule has 1 heterocycles. The second kappa shape index (κ2) is 8.90. The molecule has 3 aromatic carbocycles. The fraction of sp³-hybridized carbons (Fsp3) is 0.269. The first-order valence-electron chi connectivity index (χ1n) is 11.0. The molecule has 0 unspecified atom stereocenters. The number of nitrogens with zero attached hydrogens (tertiary/aromatic N) is 1. The smallest absolute Gasteiger partial charge is 0.308 e. The molecular formula is C26H29N3O3S. The van der Waals surface area contributed by atoms with Crippen molar-refractivity contribution in [3.8, 4) is 0 Å². The summed E-state index contributed by atoms with van der Waals surface area (Å²) >= 11 is 0. The summed E-state index contributed by atoms with van der Waals surface area (Å²) in [5, 5.41) is 5.66. The van der Waals surface area contributed by atoms with Crippen LogP contribution in [0.2, 0.25) is 0 Å². The van der Waals surface area contributed by atoms with Crippen molar-refractivity contribution in [2.24, 2.45) is 0 Å². The molecule has 4 rings (SSSR count). The van der Waals surface area contributed by atoms with E-state index in [4.69, 9.17) is 0 Å². The minimum atomic E-state index is -3.68. The van der Waals surface area contributed by atoms with Crippen LogP contribution in [0.15, 0.2) is 77.7 Å². The van der Waals surface area contributed by atoms with E-state index in [1.165, 1.54) is 9.87 Å². The lowest BCUT2D eigenvalue weighted by Gasteiger charge is -2.31. The molecule has 7 heteroatoms. The van der Waals surface area contributed by atoms with Crippen LogP contribution < -0.4 is 14.9 Å². The molecule has 0 saturated carbocycles. The standard InChI is InChI=1S/C26H29N3O3S/c1-26(2,3)20-12-15-21(16-13-20)27-25(30)28-22-14-11-19-8-7-17-29(24(19)18-22)33(31,32)23-9-5-4-6-10-23/h4-6,9-16,18H,7-8,17H2,1-3H3,(H2,27,28,30). The van der Waals surface area contributed by atoms with Gasteiger partial charge >= 0.3 is 6.03 Å². The summed E-state index contributed by atoms with van der Waals surface area (Å²) in [5.74, 6) is 0. The zero-order chi connectivity index (χ0) is 23.6. The fourth-order valence-electron chi connectivity index (χ4n) is 3.94. The molecule has 0 aliphatic carbocycles. The van der Waals surface area contributed by atoms with Crippen LogP contribution >= 0.6 is 0 Å². The fourth-order valence-corrected chi connectivity index (χ4v) is 5.49. The van der Waals surface area contributed by atoms with Gasteiger partial charge in [0.25, 0.3) is 10.0 Å². The van der Waals surface area contributed by atoms with E-state index in [1.807, 2.05) is 30.3 Å². The van der Waals surface area contributed by atoms with E-state index < -0.39 is 10.0 Å². The molecule has 0 spiro atoms. The van der Waals surface area contributed by atoms with E-state index in [-0.39, 0.29) is 16.3 Å². The first kappa shape index (κ1) is 22.9. The molecule has 1 aliphatic heterocycles. The summed E-state index contributed by atoms with van der Waals surface area (Å²) in [6.07, 6.45) is 1.54. The highest BCUT2D eigenvalue weighted by Gasteiger charge is 2.29. The second-order valence-electron chi connectivity index (χ2n) is 9.24. The Kier molecular flexibility index (Phi) is 6.17. The molecule has 33 heavy (non-hydrogen) atoms. The maximum atomic E-state index is 13.2. The largest absolute Gasteiger partial charge is 0.323 e. The van der Waals surface area contributed by atoms with Crippen molar-refractivity contribution in [2.45, 2.75) is 43.9 Å². The van der Waals surface area contributed by atoms with Gasteiger partial charge in [-0.3, -0.25) is 4.31 Å². The zero-order valence-electron chi connectivity index (χ0n) is 19.1. The number of rotatable bonds is 4. The number of amides is 2. The molecular weight excluding hydrogens is 434 g/mol. The van der Waals surface area contributed by atoms with Crippen LogP contribution in [0.25, 0.3) is 0 Å². The van der Waals surface area contributed by atoms with Crippen molar-refractivity contribution in [2.75, 3.05) is 21.5 Å². The zero-order valence-corrected chi connectivity index (χ0v) is 19.9. The van der Waals surface area contributed by atoms with Gasteiger partial charge in [0.15, 0.2) is 0 Å². The Bertz CT molecular complexity index is 1250. The molecule has 0 radical (unpaired) electrons. The van der Waals surface area contributed by atoms with E-state index in [2.05, 4.69) is 31.4 Å². The van der Waals surface area contributed by atoms with Gasteiger partial charge < -0.3 is 10.6 Å². The van der Waals surface area contributed by atoms with Crippen molar-refractivity contribution in [3.63, 3.8) is 0 Å². The van der Waals surface area contributed by atoms with Gasteiger partial charge in [0.1, 0.15) is 0 Å². The van der Waals surface area contributed by atoms with E-state index in [0.717, 1.165) is 18.4 Å². The lowest BCUT2D eigenvalue weighted by molar-refractivity contribution is 0.262. The monoisotopic (exact) mass is 463 g/mol. The number of hydrogen-bond donors (Lipinski definition) is 2. The lowest BCUT2D eigenvalue weighted by Crippen LogP contribution is -2.35. The summed E-state index contributed by atoms with van der Waals surface area (Å²) in [5.41, 5.74) is 4.00. The van der Waals surface area contributed by atoms with Crippen LogP contribution in [0.4, 0.5) is 21.9 Å². The minimum absolute atomic E-state index is 0.0376. The van der Waals surface area contributed by atoms with Gasteiger partial charge in [-0.2, -0.15) is 0 Å². The SMILES string of the molecule is CC(C)(C)c1ccc(NC(=O)Nc2ccc3c(c2)N(S(=O)(=O)c2ccccc2)CCC3)cc1. The Morgan fingerprint density at radius 1 is 0.879 bits per heavy atom. The van der Waals surface area contributed by atoms with Gasteiger partial charge in [-0.15, -0.1) is 0 Å². The van der Waals surface area contributed by atoms with E-state index in [9.17, 15) is 13.2 Å². The molecule has 0 bridgehead atoms. The predicted molar refractivity (Wildman–Crippen MR) is 134 cm³/mol. The first-order chi connectivity index (χ1) is 15.6. The third-order valence-electron chi connectivity index (χ3n) is 5.76. The first-order valence-corrected chi connectivity index (χ1v) is 12.5. The van der Waals surface area contributed by atoms with Crippen molar-refractivity contribution < 1.29 is 13.2 Å². The van der Waals surface area contributed by atoms with Gasteiger partial charge in [-0.05, 0) is 65.8 Å². The summed E-state index contributed by atoms with van der Waals surface area (Å²) in [4.78, 5) is 12.8. The van der Waals surface area contributed by atoms with Gasteiger partial charge in [0.05, 0.1) is 10.6 Å². The minimum Gasteiger partial charge on any atom is -0.308 e. The van der Waals surface area contributed by atoms with Crippen LogP contribution in [0, 0.1) is 0 Å².